The Kier molecular flexibility index (Phi) is 5.96. The number of hydrogen-bond acceptors (Lipinski definition) is 4. The Labute approximate surface area is 163 Å². The average molecular weight is 392 g/mol. The zero-order valence-corrected chi connectivity index (χ0v) is 15.9. The van der Waals surface area contributed by atoms with Crippen molar-refractivity contribution in [3.63, 3.8) is 0 Å². The van der Waals surface area contributed by atoms with Gasteiger partial charge in [-0.2, -0.15) is 0 Å². The lowest BCUT2D eigenvalue weighted by Crippen LogP contribution is -2.42. The van der Waals surface area contributed by atoms with Gasteiger partial charge in [0.2, 0.25) is 0 Å². The molecule has 2 fully saturated rings. The van der Waals surface area contributed by atoms with Crippen LogP contribution in [0.1, 0.15) is 39.3 Å². The fourth-order valence-electron chi connectivity index (χ4n) is 3.82. The molecule has 2 saturated heterocycles. The van der Waals surface area contributed by atoms with Gasteiger partial charge >= 0.3 is 0 Å². The second kappa shape index (κ2) is 8.20. The zero-order valence-electron chi connectivity index (χ0n) is 14.3. The molecule has 2 atom stereocenters. The van der Waals surface area contributed by atoms with Gasteiger partial charge in [-0.05, 0) is 49.4 Å². The number of rotatable bonds is 3. The molecular weight excluding hydrogens is 370 g/mol. The van der Waals surface area contributed by atoms with Crippen molar-refractivity contribution in [2.75, 3.05) is 18.4 Å². The number of benzene rings is 1. The van der Waals surface area contributed by atoms with Crippen LogP contribution in [-0.2, 0) is 0 Å². The van der Waals surface area contributed by atoms with Crippen LogP contribution in [0.2, 0.25) is 0 Å². The van der Waals surface area contributed by atoms with E-state index in [1.807, 2.05) is 34.5 Å². The highest BCUT2D eigenvalue weighted by Gasteiger charge is 2.38. The predicted octanol–water partition coefficient (Wildman–Crippen LogP) is 3.39. The Hall–Kier alpha value is -1.89. The molecule has 2 bridgehead atoms. The highest BCUT2D eigenvalue weighted by molar-refractivity contribution is 7.12. The molecule has 0 saturated carbocycles. The van der Waals surface area contributed by atoms with Crippen LogP contribution in [0, 0.1) is 0 Å². The number of carbonyl (C=O) groups excluding carboxylic acids is 2. The van der Waals surface area contributed by atoms with Crippen LogP contribution in [-0.4, -0.2) is 41.9 Å². The summed E-state index contributed by atoms with van der Waals surface area (Å²) in [6.07, 6.45) is 3.11. The minimum Gasteiger partial charge on any atom is -0.331 e. The monoisotopic (exact) mass is 391 g/mol. The maximum Gasteiger partial charge on any atom is 0.265 e. The van der Waals surface area contributed by atoms with Gasteiger partial charge in [0.1, 0.15) is 0 Å². The number of thiophene rings is 1. The fourth-order valence-corrected chi connectivity index (χ4v) is 4.44. The van der Waals surface area contributed by atoms with E-state index in [2.05, 4.69) is 10.6 Å². The van der Waals surface area contributed by atoms with E-state index in [1.54, 1.807) is 12.1 Å². The first-order chi connectivity index (χ1) is 12.2. The molecule has 0 aliphatic carbocycles. The normalized spacial score (nSPS) is 21.6. The zero-order chi connectivity index (χ0) is 17.2. The SMILES string of the molecule is Cl.O=C(Nc1ccccc1C(=O)N1C2CCNCC1CC2)c1cccs1. The van der Waals surface area contributed by atoms with Crippen LogP contribution in [0.4, 0.5) is 5.69 Å². The Morgan fingerprint density at radius 3 is 2.69 bits per heavy atom. The summed E-state index contributed by atoms with van der Waals surface area (Å²) in [5.74, 6) is -0.144. The minimum atomic E-state index is -0.171. The van der Waals surface area contributed by atoms with E-state index < -0.39 is 0 Å². The van der Waals surface area contributed by atoms with Crippen LogP contribution >= 0.6 is 23.7 Å². The summed E-state index contributed by atoms with van der Waals surface area (Å²) < 4.78 is 0. The topological polar surface area (TPSA) is 61.4 Å². The van der Waals surface area contributed by atoms with Gasteiger partial charge in [0.25, 0.3) is 11.8 Å². The van der Waals surface area contributed by atoms with Gasteiger partial charge in [-0.25, -0.2) is 0 Å². The number of carbonyl (C=O) groups is 2. The summed E-state index contributed by atoms with van der Waals surface area (Å²) in [7, 11) is 0. The first-order valence-corrected chi connectivity index (χ1v) is 9.59. The molecule has 7 heteroatoms. The van der Waals surface area contributed by atoms with Crippen molar-refractivity contribution in [2.45, 2.75) is 31.3 Å². The lowest BCUT2D eigenvalue weighted by molar-refractivity contribution is 0.0681. The lowest BCUT2D eigenvalue weighted by Gasteiger charge is -2.28. The van der Waals surface area contributed by atoms with Gasteiger partial charge in [0.05, 0.1) is 16.1 Å². The molecule has 4 rings (SSSR count). The highest BCUT2D eigenvalue weighted by Crippen LogP contribution is 2.31. The van der Waals surface area contributed by atoms with Crippen molar-refractivity contribution in [3.8, 4) is 0 Å². The first-order valence-electron chi connectivity index (χ1n) is 8.71. The smallest absolute Gasteiger partial charge is 0.265 e. The quantitative estimate of drug-likeness (QED) is 0.843. The molecule has 2 aliphatic rings. The van der Waals surface area contributed by atoms with Crippen molar-refractivity contribution < 1.29 is 9.59 Å². The van der Waals surface area contributed by atoms with Gasteiger partial charge in [0.15, 0.2) is 0 Å². The standard InChI is InChI=1S/C19H21N3O2S.ClH/c23-18(17-6-3-11-25-17)21-16-5-2-1-4-15(16)19(24)22-13-7-8-14(22)12-20-10-9-13;/h1-6,11,13-14,20H,7-10,12H2,(H,21,23);1H. The highest BCUT2D eigenvalue weighted by atomic mass is 35.5. The number of anilines is 1. The second-order valence-electron chi connectivity index (χ2n) is 6.57. The molecule has 138 valence electrons. The molecule has 2 aliphatic heterocycles. The third kappa shape index (κ3) is 3.63. The largest absolute Gasteiger partial charge is 0.331 e. The summed E-state index contributed by atoms with van der Waals surface area (Å²) >= 11 is 1.39. The molecule has 0 radical (unpaired) electrons. The minimum absolute atomic E-state index is 0. The van der Waals surface area contributed by atoms with Crippen LogP contribution in [0.25, 0.3) is 0 Å². The van der Waals surface area contributed by atoms with E-state index in [4.69, 9.17) is 0 Å². The lowest BCUT2D eigenvalue weighted by atomic mass is 10.1. The summed E-state index contributed by atoms with van der Waals surface area (Å²) in [6, 6.07) is 11.5. The van der Waals surface area contributed by atoms with Gasteiger partial charge in [-0.15, -0.1) is 23.7 Å². The summed E-state index contributed by atoms with van der Waals surface area (Å²) in [5, 5.41) is 8.19. The molecule has 1 aromatic heterocycles. The molecule has 2 N–H and O–H groups in total. The van der Waals surface area contributed by atoms with E-state index in [0.717, 1.165) is 32.4 Å². The van der Waals surface area contributed by atoms with Gasteiger partial charge < -0.3 is 15.5 Å². The molecule has 1 aromatic carbocycles. The predicted molar refractivity (Wildman–Crippen MR) is 106 cm³/mol. The summed E-state index contributed by atoms with van der Waals surface area (Å²) in [4.78, 5) is 28.3. The van der Waals surface area contributed by atoms with Gasteiger partial charge in [-0.1, -0.05) is 18.2 Å². The Bertz CT molecular complexity index is 767. The van der Waals surface area contributed by atoms with E-state index in [0.29, 0.717) is 22.2 Å². The maximum absolute atomic E-state index is 13.3. The van der Waals surface area contributed by atoms with Crippen molar-refractivity contribution in [2.24, 2.45) is 0 Å². The van der Waals surface area contributed by atoms with Crippen LogP contribution in [0.15, 0.2) is 41.8 Å². The van der Waals surface area contributed by atoms with Crippen LogP contribution in [0.3, 0.4) is 0 Å². The molecule has 5 nitrogen and oxygen atoms in total. The van der Waals surface area contributed by atoms with E-state index in [-0.39, 0.29) is 30.3 Å². The van der Waals surface area contributed by atoms with Gasteiger partial charge in [0, 0.05) is 18.6 Å². The molecule has 26 heavy (non-hydrogen) atoms. The maximum atomic E-state index is 13.3. The Balaban J connectivity index is 0.00000196. The van der Waals surface area contributed by atoms with E-state index in [9.17, 15) is 9.59 Å². The number of nitrogens with zero attached hydrogens (tertiary/aromatic N) is 1. The fraction of sp³-hybridized carbons (Fsp3) is 0.368. The summed E-state index contributed by atoms with van der Waals surface area (Å²) in [6.45, 7) is 1.81. The summed E-state index contributed by atoms with van der Waals surface area (Å²) in [5.41, 5.74) is 1.16. The third-order valence-electron chi connectivity index (χ3n) is 5.04. The molecule has 2 aromatic rings. The number of para-hydroxylation sites is 1. The molecule has 0 spiro atoms. The molecule has 2 unspecified atom stereocenters. The third-order valence-corrected chi connectivity index (χ3v) is 5.91. The Morgan fingerprint density at radius 2 is 1.88 bits per heavy atom. The van der Waals surface area contributed by atoms with Crippen molar-refractivity contribution in [1.82, 2.24) is 10.2 Å². The Morgan fingerprint density at radius 1 is 1.08 bits per heavy atom. The van der Waals surface area contributed by atoms with E-state index >= 15 is 0 Å². The number of amides is 2. The second-order valence-corrected chi connectivity index (χ2v) is 7.51. The van der Waals surface area contributed by atoms with Crippen molar-refractivity contribution >= 4 is 41.2 Å². The van der Waals surface area contributed by atoms with Crippen molar-refractivity contribution in [3.05, 3.63) is 52.2 Å². The van der Waals surface area contributed by atoms with Crippen LogP contribution < -0.4 is 10.6 Å². The first kappa shape index (κ1) is 18.9. The average Bonchev–Trinajstić information content (AvgIpc) is 3.22. The molecule has 2 amide bonds. The molecule has 3 heterocycles. The van der Waals surface area contributed by atoms with Gasteiger partial charge in [-0.3, -0.25) is 9.59 Å². The number of nitrogens with one attached hydrogen (secondary N) is 2. The van der Waals surface area contributed by atoms with E-state index in [1.165, 1.54) is 11.3 Å². The molecular formula is C19H22ClN3O2S. The number of fused-ring (bicyclic) bond motifs is 2. The van der Waals surface area contributed by atoms with Crippen LogP contribution in [0.5, 0.6) is 0 Å². The number of hydrogen-bond donors (Lipinski definition) is 2. The number of halogens is 1. The van der Waals surface area contributed by atoms with Crippen molar-refractivity contribution in [1.29, 1.82) is 0 Å².